The van der Waals surface area contributed by atoms with Crippen molar-refractivity contribution >= 4 is 0 Å². The third-order valence-corrected chi connectivity index (χ3v) is 3.36. The molecule has 2 aromatic heterocycles. The van der Waals surface area contributed by atoms with E-state index in [0.29, 0.717) is 22.6 Å². The molecule has 0 spiro atoms. The van der Waals surface area contributed by atoms with Crippen molar-refractivity contribution in [3.8, 4) is 11.5 Å². The Hall–Kier alpha value is -2.67. The summed E-state index contributed by atoms with van der Waals surface area (Å²) in [5.41, 5.74) is 1.94. The molecule has 3 rings (SSSR count). The van der Waals surface area contributed by atoms with Gasteiger partial charge < -0.3 is 5.11 Å². The summed E-state index contributed by atoms with van der Waals surface area (Å²) in [4.78, 5) is 4.20. The number of benzene rings is 1. The first-order chi connectivity index (χ1) is 10.6. The van der Waals surface area contributed by atoms with Crippen LogP contribution < -0.4 is 0 Å². The molecular weight excluding hydrogens is 285 g/mol. The van der Waals surface area contributed by atoms with Gasteiger partial charge in [-0.15, -0.1) is 5.10 Å². The fraction of sp³-hybridized carbons (Fsp3) is 0.200. The van der Waals surface area contributed by atoms with Crippen LogP contribution in [0.5, 0.6) is 0 Å². The number of aromatic nitrogens is 5. The van der Waals surface area contributed by atoms with E-state index in [2.05, 4.69) is 20.5 Å². The van der Waals surface area contributed by atoms with Crippen molar-refractivity contribution in [2.24, 2.45) is 0 Å². The van der Waals surface area contributed by atoms with Crippen molar-refractivity contribution in [3.63, 3.8) is 0 Å². The highest BCUT2D eigenvalue weighted by molar-refractivity contribution is 5.47. The molecule has 6 nitrogen and oxygen atoms in total. The minimum Gasteiger partial charge on any atom is -0.386 e. The molecular formula is C15H14FN5O. The Morgan fingerprint density at radius 2 is 2.14 bits per heavy atom. The van der Waals surface area contributed by atoms with Crippen LogP contribution in [0.2, 0.25) is 0 Å². The molecule has 0 fully saturated rings. The van der Waals surface area contributed by atoms with Crippen LogP contribution in [0.25, 0.3) is 11.5 Å². The van der Waals surface area contributed by atoms with Crippen LogP contribution in [0.4, 0.5) is 4.39 Å². The summed E-state index contributed by atoms with van der Waals surface area (Å²) in [6.45, 7) is 1.91. The van der Waals surface area contributed by atoms with Gasteiger partial charge in [-0.25, -0.2) is 9.07 Å². The number of hydrogen-bond acceptors (Lipinski definition) is 5. The zero-order valence-electron chi connectivity index (χ0n) is 11.9. The van der Waals surface area contributed by atoms with Crippen molar-refractivity contribution < 1.29 is 9.50 Å². The molecule has 0 amide bonds. The van der Waals surface area contributed by atoms with Gasteiger partial charge >= 0.3 is 0 Å². The molecule has 0 bridgehead atoms. The molecule has 1 N–H and O–H groups in total. The molecule has 22 heavy (non-hydrogen) atoms. The highest BCUT2D eigenvalue weighted by Crippen LogP contribution is 2.21. The second-order valence-electron chi connectivity index (χ2n) is 4.92. The molecule has 7 heteroatoms. The van der Waals surface area contributed by atoms with E-state index in [9.17, 15) is 9.50 Å². The molecule has 1 aromatic carbocycles. The Labute approximate surface area is 126 Å². The van der Waals surface area contributed by atoms with Gasteiger partial charge in [-0.3, -0.25) is 4.98 Å². The molecule has 2 heterocycles. The minimum atomic E-state index is -0.841. The van der Waals surface area contributed by atoms with Crippen LogP contribution in [0, 0.1) is 12.7 Å². The molecule has 0 aliphatic carbocycles. The number of tetrazole rings is 1. The second-order valence-corrected chi connectivity index (χ2v) is 4.92. The van der Waals surface area contributed by atoms with Crippen LogP contribution in [0.1, 0.15) is 17.2 Å². The Morgan fingerprint density at radius 1 is 1.27 bits per heavy atom. The number of aliphatic hydroxyl groups excluding tert-OH is 1. The monoisotopic (exact) mass is 299 g/mol. The van der Waals surface area contributed by atoms with E-state index in [1.54, 1.807) is 31.3 Å². The van der Waals surface area contributed by atoms with Crippen molar-refractivity contribution in [1.29, 1.82) is 0 Å². The molecule has 1 atom stereocenters. The van der Waals surface area contributed by atoms with Gasteiger partial charge in [0.05, 0.1) is 12.6 Å². The quantitative estimate of drug-likeness (QED) is 0.796. The second kappa shape index (κ2) is 5.98. The number of halogens is 1. The normalized spacial score (nSPS) is 12.3. The van der Waals surface area contributed by atoms with Gasteiger partial charge in [0.15, 0.2) is 0 Å². The van der Waals surface area contributed by atoms with E-state index in [1.165, 1.54) is 16.8 Å². The van der Waals surface area contributed by atoms with E-state index in [-0.39, 0.29) is 12.4 Å². The number of aliphatic hydroxyl groups is 1. The predicted octanol–water partition coefficient (Wildman–Crippen LogP) is 1.92. The predicted molar refractivity (Wildman–Crippen MR) is 77.1 cm³/mol. The molecule has 0 saturated heterocycles. The minimum absolute atomic E-state index is 0.158. The summed E-state index contributed by atoms with van der Waals surface area (Å²) in [6.07, 6.45) is 0.807. The number of rotatable bonds is 4. The van der Waals surface area contributed by atoms with Crippen molar-refractivity contribution in [1.82, 2.24) is 25.2 Å². The first kappa shape index (κ1) is 14.3. The summed E-state index contributed by atoms with van der Waals surface area (Å²) in [6, 6.07) is 9.71. The maximum Gasteiger partial charge on any atom is 0.200 e. The Balaban J connectivity index is 1.86. The maximum atomic E-state index is 13.1. The van der Waals surface area contributed by atoms with Gasteiger partial charge in [-0.2, -0.15) is 0 Å². The number of hydrogen-bond donors (Lipinski definition) is 1. The van der Waals surface area contributed by atoms with Crippen LogP contribution in [-0.4, -0.2) is 30.3 Å². The van der Waals surface area contributed by atoms with Crippen LogP contribution in [-0.2, 0) is 6.54 Å². The van der Waals surface area contributed by atoms with Crippen LogP contribution in [0.15, 0.2) is 42.6 Å². The zero-order chi connectivity index (χ0) is 15.5. The zero-order valence-corrected chi connectivity index (χ0v) is 11.9. The molecule has 0 unspecified atom stereocenters. The average molecular weight is 299 g/mol. The van der Waals surface area contributed by atoms with E-state index in [1.807, 2.05) is 6.07 Å². The maximum absolute atomic E-state index is 13.1. The van der Waals surface area contributed by atoms with Crippen LogP contribution >= 0.6 is 0 Å². The van der Waals surface area contributed by atoms with Crippen LogP contribution in [0.3, 0.4) is 0 Å². The van der Waals surface area contributed by atoms with Crippen molar-refractivity contribution in [2.75, 3.05) is 0 Å². The van der Waals surface area contributed by atoms with E-state index in [4.69, 9.17) is 0 Å². The molecule has 112 valence electrons. The third-order valence-electron chi connectivity index (χ3n) is 3.36. The molecule has 0 saturated carbocycles. The highest BCUT2D eigenvalue weighted by Gasteiger charge is 2.16. The summed E-state index contributed by atoms with van der Waals surface area (Å²) in [7, 11) is 0. The lowest BCUT2D eigenvalue weighted by molar-refractivity contribution is 0.150. The lowest BCUT2D eigenvalue weighted by atomic mass is 10.0. The van der Waals surface area contributed by atoms with Gasteiger partial charge in [0, 0.05) is 6.20 Å². The number of nitrogens with zero attached hydrogens (tertiary/aromatic N) is 5. The largest absolute Gasteiger partial charge is 0.386 e. The molecule has 0 aliphatic rings. The smallest absolute Gasteiger partial charge is 0.200 e. The Kier molecular flexibility index (Phi) is 3.88. The lowest BCUT2D eigenvalue weighted by Crippen LogP contribution is -2.13. The first-order valence-electron chi connectivity index (χ1n) is 6.77. The lowest BCUT2D eigenvalue weighted by Gasteiger charge is -2.14. The first-order valence-corrected chi connectivity index (χ1v) is 6.77. The standard InChI is InChI=1S/C15H14FN5O/c1-10-8-11(16)5-6-12(10)14(22)9-21-15(18-19-20-21)13-4-2-3-7-17-13/h2-8,14,22H,9H2,1H3/t14-/m1/s1. The fourth-order valence-electron chi connectivity index (χ4n) is 2.28. The molecule has 3 aromatic rings. The topological polar surface area (TPSA) is 76.7 Å². The summed E-state index contributed by atoms with van der Waals surface area (Å²) >= 11 is 0. The molecule has 0 radical (unpaired) electrons. The van der Waals surface area contributed by atoms with E-state index in [0.717, 1.165) is 0 Å². The van der Waals surface area contributed by atoms with Crippen molar-refractivity contribution in [3.05, 3.63) is 59.5 Å². The molecule has 0 aliphatic heterocycles. The van der Waals surface area contributed by atoms with E-state index >= 15 is 0 Å². The summed E-state index contributed by atoms with van der Waals surface area (Å²) in [5.74, 6) is 0.143. The van der Waals surface area contributed by atoms with Gasteiger partial charge in [-0.1, -0.05) is 12.1 Å². The summed E-state index contributed by atoms with van der Waals surface area (Å²) < 4.78 is 14.6. The fourth-order valence-corrected chi connectivity index (χ4v) is 2.28. The SMILES string of the molecule is Cc1cc(F)ccc1[C@H](O)Cn1nnnc1-c1ccccn1. The van der Waals surface area contributed by atoms with Crippen molar-refractivity contribution in [2.45, 2.75) is 19.6 Å². The number of pyridine rings is 1. The Morgan fingerprint density at radius 3 is 2.86 bits per heavy atom. The average Bonchev–Trinajstić information content (AvgIpc) is 2.96. The van der Waals surface area contributed by atoms with Gasteiger partial charge in [0.2, 0.25) is 5.82 Å². The van der Waals surface area contributed by atoms with Gasteiger partial charge in [-0.05, 0) is 52.7 Å². The van der Waals surface area contributed by atoms with Gasteiger partial charge in [0.1, 0.15) is 11.5 Å². The van der Waals surface area contributed by atoms with E-state index < -0.39 is 6.10 Å². The highest BCUT2D eigenvalue weighted by atomic mass is 19.1. The number of aryl methyl sites for hydroxylation is 1. The Bertz CT molecular complexity index is 775. The third kappa shape index (κ3) is 2.84. The van der Waals surface area contributed by atoms with Gasteiger partial charge in [0.25, 0.3) is 0 Å². The summed E-state index contributed by atoms with van der Waals surface area (Å²) in [5, 5.41) is 21.8.